The van der Waals surface area contributed by atoms with E-state index in [9.17, 15) is 9.59 Å². The van der Waals surface area contributed by atoms with Crippen LogP contribution in [0.3, 0.4) is 0 Å². The Morgan fingerprint density at radius 2 is 1.75 bits per heavy atom. The lowest BCUT2D eigenvalue weighted by atomic mass is 10.2. The Morgan fingerprint density at radius 1 is 1.08 bits per heavy atom. The molecular weight excluding hydrogens is 304 g/mol. The molecule has 5 nitrogen and oxygen atoms in total. The predicted molar refractivity (Wildman–Crippen MR) is 92.8 cm³/mol. The maximum atomic E-state index is 12.4. The highest BCUT2D eigenvalue weighted by Crippen LogP contribution is 2.40. The maximum absolute atomic E-state index is 12.4. The van der Waals surface area contributed by atoms with Gasteiger partial charge in [-0.3, -0.25) is 9.59 Å². The average molecular weight is 330 g/mol. The predicted octanol–water partition coefficient (Wildman–Crippen LogP) is 3.11. The molecule has 0 spiro atoms. The van der Waals surface area contributed by atoms with E-state index in [-0.39, 0.29) is 29.8 Å². The van der Waals surface area contributed by atoms with E-state index in [1.165, 1.54) is 12.8 Å². The molecule has 3 rings (SSSR count). The van der Waals surface area contributed by atoms with Crippen LogP contribution in [0.4, 0.5) is 5.69 Å². The molecule has 2 atom stereocenters. The first kappa shape index (κ1) is 16.8. The Morgan fingerprint density at radius 3 is 2.46 bits per heavy atom. The number of para-hydroxylation sites is 2. The topological polar surface area (TPSA) is 67.4 Å². The number of hydrogen-bond acceptors (Lipinski definition) is 3. The fourth-order valence-corrected chi connectivity index (χ4v) is 3.30. The zero-order chi connectivity index (χ0) is 17.1. The smallest absolute Gasteiger partial charge is 0.228 e. The number of amides is 2. The Bertz CT molecular complexity index is 608. The van der Waals surface area contributed by atoms with E-state index >= 15 is 0 Å². The van der Waals surface area contributed by atoms with Crippen LogP contribution >= 0.6 is 0 Å². The minimum absolute atomic E-state index is 0.0359. The van der Waals surface area contributed by atoms with E-state index in [1.807, 2.05) is 38.1 Å². The molecule has 5 heteroatoms. The van der Waals surface area contributed by atoms with Crippen molar-refractivity contribution in [3.05, 3.63) is 24.3 Å². The second-order valence-electron chi connectivity index (χ2n) is 7.09. The molecule has 130 valence electrons. The summed E-state index contributed by atoms with van der Waals surface area (Å²) in [5.74, 6) is 0.200. The molecule has 24 heavy (non-hydrogen) atoms. The van der Waals surface area contributed by atoms with Gasteiger partial charge >= 0.3 is 0 Å². The van der Waals surface area contributed by atoms with E-state index in [1.54, 1.807) is 0 Å². The highest BCUT2D eigenvalue weighted by Gasteiger charge is 2.48. The Kier molecular flexibility index (Phi) is 5.07. The Hall–Kier alpha value is -2.04. The quantitative estimate of drug-likeness (QED) is 0.842. The van der Waals surface area contributed by atoms with Crippen molar-refractivity contribution in [2.45, 2.75) is 58.1 Å². The minimum Gasteiger partial charge on any atom is -0.489 e. The third kappa shape index (κ3) is 4.08. The van der Waals surface area contributed by atoms with Crippen LogP contribution in [0.1, 0.15) is 46.0 Å². The van der Waals surface area contributed by atoms with Crippen LogP contribution in [0.15, 0.2) is 24.3 Å². The van der Waals surface area contributed by atoms with Crippen molar-refractivity contribution in [1.29, 1.82) is 0 Å². The highest BCUT2D eigenvalue weighted by molar-refractivity contribution is 6.00. The molecule has 1 aromatic rings. The fraction of sp³-hybridized carbons (Fsp3) is 0.579. The van der Waals surface area contributed by atoms with E-state index in [0.717, 1.165) is 12.8 Å². The van der Waals surface area contributed by atoms with E-state index in [2.05, 4.69) is 10.6 Å². The van der Waals surface area contributed by atoms with Crippen LogP contribution in [0, 0.1) is 11.8 Å². The van der Waals surface area contributed by atoms with Gasteiger partial charge in [0.2, 0.25) is 11.8 Å². The number of hydrogen-bond donors (Lipinski definition) is 2. The van der Waals surface area contributed by atoms with Gasteiger partial charge in [-0.1, -0.05) is 25.0 Å². The lowest BCUT2D eigenvalue weighted by Gasteiger charge is -2.15. The Labute approximate surface area is 143 Å². The first-order valence-corrected chi connectivity index (χ1v) is 8.91. The summed E-state index contributed by atoms with van der Waals surface area (Å²) in [6, 6.07) is 7.71. The van der Waals surface area contributed by atoms with Crippen LogP contribution < -0.4 is 15.4 Å². The number of carbonyl (C=O) groups excluding carboxylic acids is 2. The zero-order valence-corrected chi connectivity index (χ0v) is 14.4. The van der Waals surface area contributed by atoms with Gasteiger partial charge in [0.25, 0.3) is 0 Å². The van der Waals surface area contributed by atoms with Gasteiger partial charge in [-0.05, 0) is 45.2 Å². The number of carbonyl (C=O) groups is 2. The fourth-order valence-electron chi connectivity index (χ4n) is 3.30. The molecule has 2 N–H and O–H groups in total. The van der Waals surface area contributed by atoms with Gasteiger partial charge in [-0.25, -0.2) is 0 Å². The maximum Gasteiger partial charge on any atom is 0.228 e. The van der Waals surface area contributed by atoms with Gasteiger partial charge in [-0.2, -0.15) is 0 Å². The van der Waals surface area contributed by atoms with Crippen molar-refractivity contribution in [3.63, 3.8) is 0 Å². The van der Waals surface area contributed by atoms with E-state index in [0.29, 0.717) is 23.9 Å². The molecule has 2 saturated carbocycles. The summed E-state index contributed by atoms with van der Waals surface area (Å²) in [6.07, 6.45) is 5.18. The molecule has 2 fully saturated rings. The van der Waals surface area contributed by atoms with Gasteiger partial charge in [0.05, 0.1) is 23.6 Å². The summed E-state index contributed by atoms with van der Waals surface area (Å²) in [4.78, 5) is 24.6. The van der Waals surface area contributed by atoms with Crippen LogP contribution in [0.5, 0.6) is 5.75 Å². The molecule has 1 aromatic carbocycles. The van der Waals surface area contributed by atoms with E-state index in [4.69, 9.17) is 4.74 Å². The van der Waals surface area contributed by atoms with Crippen LogP contribution in [-0.2, 0) is 9.59 Å². The Balaban J connectivity index is 1.54. The molecule has 0 aromatic heterocycles. The highest BCUT2D eigenvalue weighted by atomic mass is 16.5. The van der Waals surface area contributed by atoms with Crippen LogP contribution in [-0.4, -0.2) is 24.0 Å². The second kappa shape index (κ2) is 7.24. The zero-order valence-electron chi connectivity index (χ0n) is 14.4. The van der Waals surface area contributed by atoms with Gasteiger partial charge in [0.15, 0.2) is 0 Å². The van der Waals surface area contributed by atoms with Crippen molar-refractivity contribution >= 4 is 17.5 Å². The van der Waals surface area contributed by atoms with Crippen molar-refractivity contribution in [2.24, 2.45) is 11.8 Å². The van der Waals surface area contributed by atoms with Crippen molar-refractivity contribution in [2.75, 3.05) is 5.32 Å². The third-order valence-corrected chi connectivity index (χ3v) is 4.67. The van der Waals surface area contributed by atoms with Gasteiger partial charge in [0, 0.05) is 6.04 Å². The molecule has 2 aliphatic rings. The monoisotopic (exact) mass is 330 g/mol. The van der Waals surface area contributed by atoms with Gasteiger partial charge < -0.3 is 15.4 Å². The summed E-state index contributed by atoms with van der Waals surface area (Å²) in [7, 11) is 0. The standard InChI is InChI=1S/C19H26N2O3/c1-12(2)24-17-10-6-5-9-16(17)21-19(23)15-11-14(15)18(22)20-13-7-3-4-8-13/h5-6,9-10,12-15H,3-4,7-8,11H2,1-2H3,(H,20,22)(H,21,23). The molecule has 0 aliphatic heterocycles. The molecule has 2 amide bonds. The van der Waals surface area contributed by atoms with Crippen molar-refractivity contribution in [1.82, 2.24) is 5.32 Å². The van der Waals surface area contributed by atoms with Gasteiger partial charge in [0.1, 0.15) is 5.75 Å². The largest absolute Gasteiger partial charge is 0.489 e. The molecular formula is C19H26N2O3. The summed E-state index contributed by atoms with van der Waals surface area (Å²) >= 11 is 0. The summed E-state index contributed by atoms with van der Waals surface area (Å²) in [5.41, 5.74) is 0.665. The van der Waals surface area contributed by atoms with E-state index < -0.39 is 0 Å². The number of ether oxygens (including phenoxy) is 1. The van der Waals surface area contributed by atoms with Gasteiger partial charge in [-0.15, -0.1) is 0 Å². The second-order valence-corrected chi connectivity index (χ2v) is 7.09. The number of rotatable bonds is 6. The molecule has 0 bridgehead atoms. The van der Waals surface area contributed by atoms with Crippen molar-refractivity contribution < 1.29 is 14.3 Å². The normalized spacial score (nSPS) is 23.1. The van der Waals surface area contributed by atoms with Crippen LogP contribution in [0.25, 0.3) is 0 Å². The number of benzene rings is 1. The van der Waals surface area contributed by atoms with Crippen molar-refractivity contribution in [3.8, 4) is 5.75 Å². The minimum atomic E-state index is -0.224. The lowest BCUT2D eigenvalue weighted by Crippen LogP contribution is -2.34. The molecule has 0 saturated heterocycles. The molecule has 0 radical (unpaired) electrons. The summed E-state index contributed by atoms with van der Waals surface area (Å²) < 4.78 is 5.72. The first-order chi connectivity index (χ1) is 11.5. The molecule has 2 aliphatic carbocycles. The lowest BCUT2D eigenvalue weighted by molar-refractivity contribution is -0.125. The molecule has 2 unspecified atom stereocenters. The average Bonchev–Trinajstić information content (AvgIpc) is 3.19. The summed E-state index contributed by atoms with van der Waals surface area (Å²) in [5, 5.41) is 6.00. The molecule has 0 heterocycles. The summed E-state index contributed by atoms with van der Waals surface area (Å²) in [6.45, 7) is 3.89. The van der Waals surface area contributed by atoms with Crippen LogP contribution in [0.2, 0.25) is 0 Å². The number of nitrogens with one attached hydrogen (secondary N) is 2. The third-order valence-electron chi connectivity index (χ3n) is 4.67. The number of anilines is 1. The SMILES string of the molecule is CC(C)Oc1ccccc1NC(=O)C1CC1C(=O)NC1CCCC1. The first-order valence-electron chi connectivity index (χ1n) is 8.91.